The van der Waals surface area contributed by atoms with Crippen LogP contribution in [0.3, 0.4) is 0 Å². The number of alkyl halides is 1. The van der Waals surface area contributed by atoms with E-state index in [1.165, 1.54) is 12.1 Å². The molecule has 0 amide bonds. The predicted octanol–water partition coefficient (Wildman–Crippen LogP) is 5.12. The van der Waals surface area contributed by atoms with Crippen molar-refractivity contribution < 1.29 is 9.13 Å². The molecule has 0 saturated carbocycles. The van der Waals surface area contributed by atoms with Gasteiger partial charge in [-0.05, 0) is 45.1 Å². The summed E-state index contributed by atoms with van der Waals surface area (Å²) in [7, 11) is 0. The Morgan fingerprint density at radius 2 is 2.12 bits per heavy atom. The maximum Gasteiger partial charge on any atom is 0.127 e. The fraction of sp³-hybridized carbons (Fsp3) is 0.167. The molecular formula is C12H9Br2FOS. The molecule has 0 N–H and O–H groups in total. The molecule has 1 heterocycles. The first-order valence-corrected chi connectivity index (χ1v) is 7.68. The molecule has 0 atom stereocenters. The first-order valence-electron chi connectivity index (χ1n) is 4.89. The molecule has 1 aromatic heterocycles. The highest BCUT2D eigenvalue weighted by atomic mass is 79.9. The Kier molecular flexibility index (Phi) is 4.59. The van der Waals surface area contributed by atoms with Gasteiger partial charge < -0.3 is 4.74 Å². The van der Waals surface area contributed by atoms with E-state index in [0.29, 0.717) is 17.7 Å². The Bertz CT molecular complexity index is 513. The van der Waals surface area contributed by atoms with Crippen molar-refractivity contribution in [1.29, 1.82) is 0 Å². The van der Waals surface area contributed by atoms with Gasteiger partial charge in [-0.1, -0.05) is 15.9 Å². The molecule has 1 aromatic carbocycles. The molecule has 0 aliphatic rings. The van der Waals surface area contributed by atoms with Gasteiger partial charge in [0.2, 0.25) is 0 Å². The van der Waals surface area contributed by atoms with Crippen LogP contribution in [-0.4, -0.2) is 0 Å². The summed E-state index contributed by atoms with van der Waals surface area (Å²) in [6.07, 6.45) is 0. The van der Waals surface area contributed by atoms with E-state index in [0.717, 1.165) is 14.9 Å². The Balaban J connectivity index is 2.09. The molecule has 0 aliphatic carbocycles. The van der Waals surface area contributed by atoms with Crippen molar-refractivity contribution in [3.05, 3.63) is 50.4 Å². The minimum absolute atomic E-state index is 0.276. The van der Waals surface area contributed by atoms with Crippen LogP contribution >= 0.6 is 43.2 Å². The summed E-state index contributed by atoms with van der Waals surface area (Å²) in [5.41, 5.74) is 0.866. The van der Waals surface area contributed by atoms with Crippen LogP contribution in [0.15, 0.2) is 34.1 Å². The van der Waals surface area contributed by atoms with Gasteiger partial charge in [-0.3, -0.25) is 0 Å². The van der Waals surface area contributed by atoms with Crippen molar-refractivity contribution in [2.75, 3.05) is 0 Å². The first-order chi connectivity index (χ1) is 8.19. The molecular weight excluding hydrogens is 371 g/mol. The molecule has 2 aromatic rings. The number of rotatable bonds is 4. The second-order valence-corrected chi connectivity index (χ2v) is 5.82. The van der Waals surface area contributed by atoms with E-state index >= 15 is 0 Å². The molecule has 0 unspecified atom stereocenters. The summed E-state index contributed by atoms with van der Waals surface area (Å²) < 4.78 is 19.9. The SMILES string of the molecule is Fc1cc(CBr)cc(OCc2sccc2Br)c1. The van der Waals surface area contributed by atoms with Crippen LogP contribution in [-0.2, 0) is 11.9 Å². The largest absolute Gasteiger partial charge is 0.488 e. The number of ether oxygens (including phenoxy) is 1. The maximum absolute atomic E-state index is 13.3. The fourth-order valence-electron chi connectivity index (χ4n) is 1.36. The Hall–Kier alpha value is -0.390. The van der Waals surface area contributed by atoms with Crippen molar-refractivity contribution in [2.24, 2.45) is 0 Å². The van der Waals surface area contributed by atoms with Crippen LogP contribution in [0.5, 0.6) is 5.75 Å². The van der Waals surface area contributed by atoms with Gasteiger partial charge in [0.25, 0.3) is 0 Å². The number of hydrogen-bond acceptors (Lipinski definition) is 2. The van der Waals surface area contributed by atoms with Crippen LogP contribution in [0.2, 0.25) is 0 Å². The number of benzene rings is 1. The predicted molar refractivity (Wildman–Crippen MR) is 75.4 cm³/mol. The average molecular weight is 380 g/mol. The van der Waals surface area contributed by atoms with Crippen LogP contribution in [0.4, 0.5) is 4.39 Å². The average Bonchev–Trinajstić information content (AvgIpc) is 2.71. The van der Waals surface area contributed by atoms with Crippen LogP contribution in [0.1, 0.15) is 10.4 Å². The summed E-state index contributed by atoms with van der Waals surface area (Å²) in [6.45, 7) is 0.448. The quantitative estimate of drug-likeness (QED) is 0.669. The molecule has 0 spiro atoms. The Morgan fingerprint density at radius 1 is 1.29 bits per heavy atom. The molecule has 0 saturated heterocycles. The van der Waals surface area contributed by atoms with E-state index in [2.05, 4.69) is 31.9 Å². The van der Waals surface area contributed by atoms with Gasteiger partial charge in [0.1, 0.15) is 18.2 Å². The number of hydrogen-bond donors (Lipinski definition) is 0. The number of thiophene rings is 1. The smallest absolute Gasteiger partial charge is 0.127 e. The standard InChI is InChI=1S/C12H9Br2FOS/c13-6-8-3-9(15)5-10(4-8)16-7-12-11(14)1-2-17-12/h1-5H,6-7H2. The second-order valence-electron chi connectivity index (χ2n) is 3.41. The topological polar surface area (TPSA) is 9.23 Å². The third-order valence-electron chi connectivity index (χ3n) is 2.15. The van der Waals surface area contributed by atoms with E-state index in [-0.39, 0.29) is 5.82 Å². The number of halogens is 3. The monoisotopic (exact) mass is 378 g/mol. The van der Waals surface area contributed by atoms with Gasteiger partial charge in [0.05, 0.1) is 4.88 Å². The molecule has 0 aliphatic heterocycles. The zero-order chi connectivity index (χ0) is 12.3. The summed E-state index contributed by atoms with van der Waals surface area (Å²) in [4.78, 5) is 1.09. The minimum atomic E-state index is -0.276. The summed E-state index contributed by atoms with van der Waals surface area (Å²) in [5.74, 6) is 0.280. The zero-order valence-electron chi connectivity index (χ0n) is 8.75. The lowest BCUT2D eigenvalue weighted by Crippen LogP contribution is -1.95. The van der Waals surface area contributed by atoms with Crippen LogP contribution in [0.25, 0.3) is 0 Å². The van der Waals surface area contributed by atoms with Crippen molar-refractivity contribution >= 4 is 43.2 Å². The highest BCUT2D eigenvalue weighted by Gasteiger charge is 2.04. The van der Waals surface area contributed by atoms with Crippen molar-refractivity contribution in [2.45, 2.75) is 11.9 Å². The molecule has 90 valence electrons. The Labute approximate surface area is 120 Å². The summed E-state index contributed by atoms with van der Waals surface area (Å²) >= 11 is 8.34. The molecule has 0 radical (unpaired) electrons. The lowest BCUT2D eigenvalue weighted by molar-refractivity contribution is 0.307. The van der Waals surface area contributed by atoms with Gasteiger partial charge in [-0.15, -0.1) is 11.3 Å². The lowest BCUT2D eigenvalue weighted by atomic mass is 10.2. The normalized spacial score (nSPS) is 10.5. The Morgan fingerprint density at radius 3 is 2.76 bits per heavy atom. The molecule has 2 rings (SSSR count). The fourth-order valence-corrected chi connectivity index (χ4v) is 3.06. The minimum Gasteiger partial charge on any atom is -0.488 e. The van der Waals surface area contributed by atoms with Crippen LogP contribution in [0, 0.1) is 5.82 Å². The second kappa shape index (κ2) is 5.98. The van der Waals surface area contributed by atoms with Gasteiger partial charge in [0, 0.05) is 15.9 Å². The molecule has 0 bridgehead atoms. The third-order valence-corrected chi connectivity index (χ3v) is 4.69. The van der Waals surface area contributed by atoms with Gasteiger partial charge in [0.15, 0.2) is 0 Å². The van der Waals surface area contributed by atoms with Crippen molar-refractivity contribution in [1.82, 2.24) is 0 Å². The molecule has 5 heteroatoms. The highest BCUT2D eigenvalue weighted by Crippen LogP contribution is 2.25. The summed E-state index contributed by atoms with van der Waals surface area (Å²) in [5, 5.41) is 2.60. The van der Waals surface area contributed by atoms with E-state index in [1.54, 1.807) is 11.3 Å². The van der Waals surface area contributed by atoms with Crippen molar-refractivity contribution in [3.8, 4) is 5.75 Å². The lowest BCUT2D eigenvalue weighted by Gasteiger charge is -2.07. The van der Waals surface area contributed by atoms with E-state index in [9.17, 15) is 4.39 Å². The maximum atomic E-state index is 13.3. The zero-order valence-corrected chi connectivity index (χ0v) is 12.7. The van der Waals surface area contributed by atoms with Gasteiger partial charge >= 0.3 is 0 Å². The van der Waals surface area contributed by atoms with Crippen LogP contribution < -0.4 is 4.74 Å². The van der Waals surface area contributed by atoms with E-state index < -0.39 is 0 Å². The van der Waals surface area contributed by atoms with Gasteiger partial charge in [-0.2, -0.15) is 0 Å². The molecule has 1 nitrogen and oxygen atoms in total. The van der Waals surface area contributed by atoms with E-state index in [4.69, 9.17) is 4.74 Å². The summed E-state index contributed by atoms with van der Waals surface area (Å²) in [6, 6.07) is 6.69. The highest BCUT2D eigenvalue weighted by molar-refractivity contribution is 9.10. The first kappa shape index (κ1) is 13.1. The molecule has 0 fully saturated rings. The van der Waals surface area contributed by atoms with Gasteiger partial charge in [-0.25, -0.2) is 4.39 Å². The van der Waals surface area contributed by atoms with Crippen molar-refractivity contribution in [3.63, 3.8) is 0 Å². The third kappa shape index (κ3) is 3.53. The molecule has 17 heavy (non-hydrogen) atoms. The van der Waals surface area contributed by atoms with E-state index in [1.807, 2.05) is 17.5 Å².